The highest BCUT2D eigenvalue weighted by molar-refractivity contribution is 6.51. The summed E-state index contributed by atoms with van der Waals surface area (Å²) in [5.74, 6) is -0.979. The quantitative estimate of drug-likeness (QED) is 0.672. The molecule has 0 radical (unpaired) electrons. The van der Waals surface area contributed by atoms with Crippen LogP contribution in [0.25, 0.3) is 0 Å². The van der Waals surface area contributed by atoms with E-state index < -0.39 is 11.7 Å². The van der Waals surface area contributed by atoms with Crippen molar-refractivity contribution in [3.8, 4) is 0 Å². The minimum Gasteiger partial charge on any atom is -0.320 e. The fourth-order valence-electron chi connectivity index (χ4n) is 1.97. The molecular formula is C16H21N3O2. The zero-order valence-electron chi connectivity index (χ0n) is 12.7. The molecule has 1 aromatic rings. The maximum atomic E-state index is 12.1. The summed E-state index contributed by atoms with van der Waals surface area (Å²) in [4.78, 5) is 23.1. The highest BCUT2D eigenvalue weighted by Crippen LogP contribution is 2.22. The van der Waals surface area contributed by atoms with Crippen LogP contribution in [0.2, 0.25) is 0 Å². The lowest BCUT2D eigenvalue weighted by molar-refractivity contribution is -0.111. The molecule has 1 aromatic carbocycles. The molecule has 0 saturated heterocycles. The topological polar surface area (TPSA) is 93.9 Å². The molecule has 21 heavy (non-hydrogen) atoms. The van der Waals surface area contributed by atoms with Gasteiger partial charge in [-0.05, 0) is 24.0 Å². The van der Waals surface area contributed by atoms with Gasteiger partial charge < -0.3 is 10.7 Å². The van der Waals surface area contributed by atoms with E-state index in [-0.39, 0.29) is 17.8 Å². The molecule has 0 fully saturated rings. The van der Waals surface area contributed by atoms with E-state index in [4.69, 9.17) is 10.8 Å². The van der Waals surface area contributed by atoms with Gasteiger partial charge in [0.15, 0.2) is 5.78 Å². The second-order valence-corrected chi connectivity index (χ2v) is 4.80. The van der Waals surface area contributed by atoms with Gasteiger partial charge in [0.2, 0.25) is 0 Å². The second-order valence-electron chi connectivity index (χ2n) is 4.80. The number of carbonyl (C=O) groups excluding carboxylic acids is 2. The van der Waals surface area contributed by atoms with Crippen LogP contribution < -0.4 is 5.32 Å². The Morgan fingerprint density at radius 3 is 2.00 bits per heavy atom. The van der Waals surface area contributed by atoms with E-state index in [0.717, 1.165) is 29.7 Å². The fraction of sp³-hybridized carbons (Fsp3) is 0.375. The molecule has 1 amide bonds. The van der Waals surface area contributed by atoms with Gasteiger partial charge in [-0.25, -0.2) is 0 Å². The molecule has 5 nitrogen and oxygen atoms in total. The maximum absolute atomic E-state index is 12.1. The van der Waals surface area contributed by atoms with Crippen LogP contribution in [0.15, 0.2) is 18.2 Å². The first-order valence-electron chi connectivity index (χ1n) is 6.98. The SMILES string of the molecule is CCc1cccc(CC)c1NC(=O)C(=N)CC(=N)C(C)=O. The van der Waals surface area contributed by atoms with E-state index in [9.17, 15) is 9.59 Å². The lowest BCUT2D eigenvalue weighted by Gasteiger charge is -2.14. The van der Waals surface area contributed by atoms with Crippen molar-refractivity contribution in [3.63, 3.8) is 0 Å². The van der Waals surface area contributed by atoms with Crippen LogP contribution in [0.3, 0.4) is 0 Å². The molecule has 0 atom stereocenters. The Balaban J connectivity index is 2.90. The highest BCUT2D eigenvalue weighted by atomic mass is 16.2. The van der Waals surface area contributed by atoms with E-state index in [1.54, 1.807) is 0 Å². The number of para-hydroxylation sites is 1. The van der Waals surface area contributed by atoms with Crippen molar-refractivity contribution >= 4 is 28.8 Å². The summed E-state index contributed by atoms with van der Waals surface area (Å²) in [5, 5.41) is 17.9. The molecule has 0 bridgehead atoms. The van der Waals surface area contributed by atoms with Gasteiger partial charge in [0.05, 0.1) is 5.71 Å². The average Bonchev–Trinajstić information content (AvgIpc) is 2.46. The second kappa shape index (κ2) is 7.47. The zero-order valence-corrected chi connectivity index (χ0v) is 12.7. The van der Waals surface area contributed by atoms with Crippen molar-refractivity contribution < 1.29 is 9.59 Å². The maximum Gasteiger partial charge on any atom is 0.269 e. The van der Waals surface area contributed by atoms with Crippen LogP contribution in [0.1, 0.15) is 38.3 Å². The normalized spacial score (nSPS) is 10.0. The van der Waals surface area contributed by atoms with E-state index in [1.165, 1.54) is 6.92 Å². The smallest absolute Gasteiger partial charge is 0.269 e. The molecule has 0 unspecified atom stereocenters. The van der Waals surface area contributed by atoms with Crippen molar-refractivity contribution in [3.05, 3.63) is 29.3 Å². The summed E-state index contributed by atoms with van der Waals surface area (Å²) in [6, 6.07) is 5.83. The van der Waals surface area contributed by atoms with Gasteiger partial charge in [0.25, 0.3) is 5.91 Å². The first kappa shape index (κ1) is 16.8. The molecule has 0 saturated carbocycles. The molecule has 0 aliphatic carbocycles. The van der Waals surface area contributed by atoms with Crippen LogP contribution in [-0.4, -0.2) is 23.1 Å². The Morgan fingerprint density at radius 2 is 1.57 bits per heavy atom. The number of Topliss-reactive ketones (excluding diaryl/α,β-unsaturated/α-hetero) is 1. The summed E-state index contributed by atoms with van der Waals surface area (Å²) < 4.78 is 0. The van der Waals surface area contributed by atoms with Crippen molar-refractivity contribution in [2.75, 3.05) is 5.32 Å². The number of ketones is 1. The third-order valence-electron chi connectivity index (χ3n) is 3.29. The number of carbonyl (C=O) groups is 2. The molecule has 5 heteroatoms. The van der Waals surface area contributed by atoms with Crippen LogP contribution in [0.5, 0.6) is 0 Å². The first-order chi connectivity index (χ1) is 9.90. The summed E-state index contributed by atoms with van der Waals surface area (Å²) >= 11 is 0. The van der Waals surface area contributed by atoms with Crippen LogP contribution in [0.4, 0.5) is 5.69 Å². The molecule has 112 valence electrons. The number of hydrogen-bond donors (Lipinski definition) is 3. The molecule has 0 aliphatic heterocycles. The molecule has 0 spiro atoms. The number of nitrogens with one attached hydrogen (secondary N) is 3. The van der Waals surface area contributed by atoms with Crippen molar-refractivity contribution in [2.24, 2.45) is 0 Å². The number of hydrogen-bond acceptors (Lipinski definition) is 4. The van der Waals surface area contributed by atoms with Gasteiger partial charge in [-0.3, -0.25) is 15.0 Å². The van der Waals surface area contributed by atoms with Gasteiger partial charge in [0, 0.05) is 19.0 Å². The average molecular weight is 287 g/mol. The predicted molar refractivity (Wildman–Crippen MR) is 84.6 cm³/mol. The van der Waals surface area contributed by atoms with Gasteiger partial charge in [-0.15, -0.1) is 0 Å². The Hall–Kier alpha value is -2.30. The molecule has 1 rings (SSSR count). The number of aryl methyl sites for hydroxylation is 2. The summed E-state index contributed by atoms with van der Waals surface area (Å²) in [6.07, 6.45) is 1.32. The van der Waals surface area contributed by atoms with Crippen molar-refractivity contribution in [1.29, 1.82) is 10.8 Å². The third-order valence-corrected chi connectivity index (χ3v) is 3.29. The largest absolute Gasteiger partial charge is 0.320 e. The van der Waals surface area contributed by atoms with E-state index in [0.29, 0.717) is 0 Å². The minimum absolute atomic E-state index is 0.227. The van der Waals surface area contributed by atoms with Crippen LogP contribution in [-0.2, 0) is 22.4 Å². The Morgan fingerprint density at radius 1 is 1.05 bits per heavy atom. The first-order valence-corrected chi connectivity index (χ1v) is 6.98. The number of rotatable bonds is 7. The van der Waals surface area contributed by atoms with Crippen molar-refractivity contribution in [2.45, 2.75) is 40.0 Å². The van der Waals surface area contributed by atoms with E-state index in [1.807, 2.05) is 32.0 Å². The Kier molecular flexibility index (Phi) is 5.96. The lowest BCUT2D eigenvalue weighted by atomic mass is 10.0. The van der Waals surface area contributed by atoms with Gasteiger partial charge in [-0.2, -0.15) is 0 Å². The highest BCUT2D eigenvalue weighted by Gasteiger charge is 2.16. The zero-order chi connectivity index (χ0) is 16.0. The fourth-order valence-corrected chi connectivity index (χ4v) is 1.97. The van der Waals surface area contributed by atoms with Gasteiger partial charge in [-0.1, -0.05) is 32.0 Å². The Labute approximate surface area is 124 Å². The number of amides is 1. The van der Waals surface area contributed by atoms with Crippen LogP contribution >= 0.6 is 0 Å². The standard InChI is InChI=1S/C16H21N3O2/c1-4-11-7-6-8-12(5-2)15(11)19-16(21)14(18)9-13(17)10(3)20/h6-8,17-18H,4-5,9H2,1-3H3,(H,19,21). The van der Waals surface area contributed by atoms with Gasteiger partial charge in [0.1, 0.15) is 5.71 Å². The molecular weight excluding hydrogens is 266 g/mol. The number of benzene rings is 1. The molecule has 0 aromatic heterocycles. The number of anilines is 1. The summed E-state index contributed by atoms with van der Waals surface area (Å²) in [5.41, 5.74) is 2.26. The van der Waals surface area contributed by atoms with E-state index in [2.05, 4.69) is 5.32 Å². The lowest BCUT2D eigenvalue weighted by Crippen LogP contribution is -2.27. The molecule has 3 N–H and O–H groups in total. The molecule has 0 aliphatic rings. The van der Waals surface area contributed by atoms with Crippen molar-refractivity contribution in [1.82, 2.24) is 0 Å². The minimum atomic E-state index is -0.559. The summed E-state index contributed by atoms with van der Waals surface area (Å²) in [7, 11) is 0. The van der Waals surface area contributed by atoms with Crippen LogP contribution in [0, 0.1) is 10.8 Å². The molecule has 0 heterocycles. The van der Waals surface area contributed by atoms with Gasteiger partial charge >= 0.3 is 0 Å². The monoisotopic (exact) mass is 287 g/mol. The summed E-state index contributed by atoms with van der Waals surface area (Å²) in [6.45, 7) is 5.26. The predicted octanol–water partition coefficient (Wildman–Crippen LogP) is 2.77. The third kappa shape index (κ3) is 4.34. The Bertz CT molecular complexity index is 569. The van der Waals surface area contributed by atoms with E-state index >= 15 is 0 Å².